The van der Waals surface area contributed by atoms with Gasteiger partial charge in [-0.1, -0.05) is 6.58 Å². The third-order valence-electron chi connectivity index (χ3n) is 3.07. The van der Waals surface area contributed by atoms with Crippen LogP contribution in [0.2, 0.25) is 0 Å². The second kappa shape index (κ2) is 8.83. The van der Waals surface area contributed by atoms with Crippen LogP contribution in [0.3, 0.4) is 0 Å². The average Bonchev–Trinajstić information content (AvgIpc) is 2.51. The molecule has 0 aliphatic rings. The summed E-state index contributed by atoms with van der Waals surface area (Å²) in [6.07, 6.45) is -8.29. The molecule has 29 heavy (non-hydrogen) atoms. The molecule has 0 aromatic rings. The van der Waals surface area contributed by atoms with E-state index in [2.05, 4.69) is 16.1 Å². The zero-order valence-electron chi connectivity index (χ0n) is 14.8. The average molecular weight is 463 g/mol. The number of nitrogens with one attached hydrogen (secondary N) is 1. The summed E-state index contributed by atoms with van der Waals surface area (Å²) in [7, 11) is -6.65. The molecule has 0 aliphatic heterocycles. The Morgan fingerprint density at radius 2 is 1.59 bits per heavy atom. The van der Waals surface area contributed by atoms with Gasteiger partial charge in [0.15, 0.2) is 0 Å². The number of hydrogen-bond acceptors (Lipinski definition) is 6. The lowest BCUT2D eigenvalue weighted by atomic mass is 10.2. The Balaban J connectivity index is 5.93. The van der Waals surface area contributed by atoms with Crippen LogP contribution in [-0.2, 0) is 29.2 Å². The highest BCUT2D eigenvalue weighted by molar-refractivity contribution is 7.87. The van der Waals surface area contributed by atoms with Gasteiger partial charge in [0.1, 0.15) is 0 Å². The lowest BCUT2D eigenvalue weighted by Crippen LogP contribution is -2.62. The quantitative estimate of drug-likeness (QED) is 0.167. The van der Waals surface area contributed by atoms with Crippen LogP contribution in [0.15, 0.2) is 12.2 Å². The molecule has 170 valence electrons. The fourth-order valence-corrected chi connectivity index (χ4v) is 2.04. The number of amides is 1. The molecule has 0 spiro atoms. The van der Waals surface area contributed by atoms with E-state index in [1.54, 1.807) is 5.32 Å². The zero-order chi connectivity index (χ0) is 23.5. The third-order valence-corrected chi connectivity index (χ3v) is 4.01. The van der Waals surface area contributed by atoms with E-state index < -0.39 is 70.3 Å². The Bertz CT molecular complexity index is 751. The van der Waals surface area contributed by atoms with Gasteiger partial charge in [-0.3, -0.25) is 9.35 Å². The van der Waals surface area contributed by atoms with Crippen molar-refractivity contribution < 1.29 is 62.8 Å². The first-order chi connectivity index (χ1) is 12.8. The summed E-state index contributed by atoms with van der Waals surface area (Å²) in [5.41, 5.74) is -0.658. The summed E-state index contributed by atoms with van der Waals surface area (Å²) >= 11 is 0. The van der Waals surface area contributed by atoms with E-state index in [0.29, 0.717) is 0 Å². The second-order valence-electron chi connectivity index (χ2n) is 5.44. The first-order valence-corrected chi connectivity index (χ1v) is 8.81. The number of halogens is 7. The molecule has 16 heteroatoms. The maximum Gasteiger partial charge on any atom is 0.466 e. The van der Waals surface area contributed by atoms with Gasteiger partial charge in [-0.15, -0.1) is 0 Å². The van der Waals surface area contributed by atoms with Crippen molar-refractivity contribution in [3.05, 3.63) is 12.2 Å². The molecule has 0 aromatic carbocycles. The SMILES string of the molecule is C=C(C)C(=O)OC(OCCC(F)(F)C(F)(F)S(=O)(=O)O)(C(=O)NCC)C(F)(F)F. The molecule has 0 aromatic heterocycles. The molecule has 0 heterocycles. The van der Waals surface area contributed by atoms with Crippen LogP contribution in [0, 0.1) is 0 Å². The first-order valence-electron chi connectivity index (χ1n) is 7.37. The molecule has 8 nitrogen and oxygen atoms in total. The summed E-state index contributed by atoms with van der Waals surface area (Å²) in [4.78, 5) is 23.3. The van der Waals surface area contributed by atoms with E-state index in [1.807, 2.05) is 0 Å². The van der Waals surface area contributed by atoms with Crippen LogP contribution in [0.25, 0.3) is 0 Å². The van der Waals surface area contributed by atoms with Crippen LogP contribution in [0.5, 0.6) is 0 Å². The molecule has 0 fully saturated rings. The van der Waals surface area contributed by atoms with E-state index in [1.165, 1.54) is 0 Å². The zero-order valence-corrected chi connectivity index (χ0v) is 15.6. The maximum atomic E-state index is 13.5. The summed E-state index contributed by atoms with van der Waals surface area (Å²) in [6.45, 7) is 2.46. The highest BCUT2D eigenvalue weighted by Gasteiger charge is 2.68. The Hall–Kier alpha value is -1.94. The van der Waals surface area contributed by atoms with Crippen molar-refractivity contribution in [2.24, 2.45) is 0 Å². The Morgan fingerprint density at radius 3 is 1.93 bits per heavy atom. The van der Waals surface area contributed by atoms with Crippen molar-refractivity contribution in [2.45, 2.75) is 43.4 Å². The van der Waals surface area contributed by atoms with Crippen molar-refractivity contribution >= 4 is 22.0 Å². The number of rotatable bonds is 10. The molecular formula is C13H16F7NO7S. The predicted molar refractivity (Wildman–Crippen MR) is 80.4 cm³/mol. The Kier molecular flexibility index (Phi) is 8.24. The van der Waals surface area contributed by atoms with Gasteiger partial charge in [0.05, 0.1) is 6.61 Å². The fourth-order valence-electron chi connectivity index (χ4n) is 1.56. The molecule has 0 rings (SSSR count). The maximum absolute atomic E-state index is 13.5. The molecule has 0 aliphatic carbocycles. The van der Waals surface area contributed by atoms with Crippen molar-refractivity contribution in [1.29, 1.82) is 0 Å². The number of likely N-dealkylation sites (N-methyl/N-ethyl adjacent to an activating group) is 1. The topological polar surface area (TPSA) is 119 Å². The van der Waals surface area contributed by atoms with Crippen LogP contribution < -0.4 is 5.32 Å². The van der Waals surface area contributed by atoms with Gasteiger partial charge in [-0.05, 0) is 13.8 Å². The van der Waals surface area contributed by atoms with Gasteiger partial charge in [0.2, 0.25) is 0 Å². The third kappa shape index (κ3) is 5.79. The summed E-state index contributed by atoms with van der Waals surface area (Å²) in [5.74, 6) is -14.1. The minimum Gasteiger partial charge on any atom is -0.412 e. The summed E-state index contributed by atoms with van der Waals surface area (Å²) < 4.78 is 130. The van der Waals surface area contributed by atoms with Crippen molar-refractivity contribution in [2.75, 3.05) is 13.2 Å². The molecule has 2 N–H and O–H groups in total. The van der Waals surface area contributed by atoms with Gasteiger partial charge in [-0.25, -0.2) is 4.79 Å². The van der Waals surface area contributed by atoms with Crippen molar-refractivity contribution in [1.82, 2.24) is 5.32 Å². The van der Waals surface area contributed by atoms with Crippen LogP contribution in [-0.4, -0.2) is 61.1 Å². The fraction of sp³-hybridized carbons (Fsp3) is 0.692. The lowest BCUT2D eigenvalue weighted by molar-refractivity contribution is -0.349. The van der Waals surface area contributed by atoms with Gasteiger partial charge in [0.25, 0.3) is 0 Å². The molecular weight excluding hydrogens is 447 g/mol. The molecule has 0 saturated carbocycles. The Morgan fingerprint density at radius 1 is 1.10 bits per heavy atom. The van der Waals surface area contributed by atoms with Crippen LogP contribution in [0.4, 0.5) is 30.7 Å². The van der Waals surface area contributed by atoms with E-state index in [9.17, 15) is 48.7 Å². The highest BCUT2D eigenvalue weighted by atomic mass is 32.2. The minimum atomic E-state index is -6.65. The summed E-state index contributed by atoms with van der Waals surface area (Å²) in [5, 5.41) is -4.50. The van der Waals surface area contributed by atoms with E-state index >= 15 is 0 Å². The van der Waals surface area contributed by atoms with Crippen LogP contribution in [0.1, 0.15) is 20.3 Å². The van der Waals surface area contributed by atoms with Crippen LogP contribution >= 0.6 is 0 Å². The predicted octanol–water partition coefficient (Wildman–Crippen LogP) is 2.02. The number of carbonyl (C=O) groups excluding carboxylic acids is 2. The molecule has 0 saturated heterocycles. The minimum absolute atomic E-state index is 0.471. The van der Waals surface area contributed by atoms with E-state index in [4.69, 9.17) is 4.55 Å². The van der Waals surface area contributed by atoms with Gasteiger partial charge in [-0.2, -0.15) is 39.2 Å². The molecule has 1 unspecified atom stereocenters. The normalized spacial score (nSPS) is 15.4. The van der Waals surface area contributed by atoms with Crippen molar-refractivity contribution in [3.63, 3.8) is 0 Å². The smallest absolute Gasteiger partial charge is 0.412 e. The first kappa shape index (κ1) is 27.1. The van der Waals surface area contributed by atoms with Gasteiger partial charge in [0, 0.05) is 18.5 Å². The van der Waals surface area contributed by atoms with Crippen molar-refractivity contribution in [3.8, 4) is 0 Å². The highest BCUT2D eigenvalue weighted by Crippen LogP contribution is 2.42. The molecule has 1 amide bonds. The number of carbonyl (C=O) groups is 2. The van der Waals surface area contributed by atoms with E-state index in [-0.39, 0.29) is 0 Å². The van der Waals surface area contributed by atoms with E-state index in [0.717, 1.165) is 13.8 Å². The lowest BCUT2D eigenvalue weighted by Gasteiger charge is -2.33. The monoisotopic (exact) mass is 463 g/mol. The Labute approximate surface area is 159 Å². The molecule has 0 radical (unpaired) electrons. The largest absolute Gasteiger partial charge is 0.466 e. The molecule has 1 atom stereocenters. The standard InChI is InChI=1S/C13H16F7NO7S/c1-4-21-9(23)11(12(16,17)18,28-8(22)7(2)3)27-6-5-10(14,15)13(19,20)29(24,25)26/h2,4-6H2,1,3H3,(H,21,23)(H,24,25,26). The number of hydrogen-bond donors (Lipinski definition) is 2. The molecule has 0 bridgehead atoms. The number of ether oxygens (including phenoxy) is 2. The summed E-state index contributed by atoms with van der Waals surface area (Å²) in [6, 6.07) is 0. The number of alkyl halides is 7. The van der Waals surface area contributed by atoms with Gasteiger partial charge >= 0.3 is 45.1 Å². The second-order valence-corrected chi connectivity index (χ2v) is 6.90. The number of esters is 1. The van der Waals surface area contributed by atoms with Gasteiger partial charge < -0.3 is 14.8 Å².